The smallest absolute Gasteiger partial charge is 0.134 e. The molecule has 0 radical (unpaired) electrons. The minimum atomic E-state index is 0.513. The number of pyridine rings is 1. The number of nitriles is 1. The summed E-state index contributed by atoms with van der Waals surface area (Å²) < 4.78 is 0. The zero-order valence-electron chi connectivity index (χ0n) is 12.1. The van der Waals surface area contributed by atoms with Gasteiger partial charge in [0.15, 0.2) is 0 Å². The molecule has 0 aliphatic heterocycles. The van der Waals surface area contributed by atoms with Gasteiger partial charge in [-0.15, -0.1) is 0 Å². The Labute approximate surface area is 134 Å². The maximum absolute atomic E-state index is 8.80. The molecule has 0 bridgehead atoms. The van der Waals surface area contributed by atoms with Gasteiger partial charge in [-0.2, -0.15) is 5.26 Å². The molecule has 22 heavy (non-hydrogen) atoms. The van der Waals surface area contributed by atoms with Crippen LogP contribution in [0.2, 0.25) is 5.15 Å². The Balaban J connectivity index is 1.82. The maximum Gasteiger partial charge on any atom is 0.134 e. The molecule has 0 atom stereocenters. The van der Waals surface area contributed by atoms with Gasteiger partial charge in [0.2, 0.25) is 0 Å². The van der Waals surface area contributed by atoms with Crippen molar-refractivity contribution in [2.24, 2.45) is 0 Å². The summed E-state index contributed by atoms with van der Waals surface area (Å²) in [7, 11) is 0. The molecule has 3 nitrogen and oxygen atoms in total. The molecular formula is C18H14ClN3. The first kappa shape index (κ1) is 14.4. The Morgan fingerprint density at radius 1 is 1.14 bits per heavy atom. The molecule has 2 aromatic carbocycles. The van der Waals surface area contributed by atoms with E-state index in [4.69, 9.17) is 16.9 Å². The number of nitrogens with one attached hydrogen (secondary N) is 1. The van der Waals surface area contributed by atoms with E-state index in [9.17, 15) is 0 Å². The highest BCUT2D eigenvalue weighted by molar-refractivity contribution is 6.30. The third kappa shape index (κ3) is 3.03. The summed E-state index contributed by atoms with van der Waals surface area (Å²) in [6.07, 6.45) is 0. The Kier molecular flexibility index (Phi) is 3.95. The maximum atomic E-state index is 8.80. The van der Waals surface area contributed by atoms with Gasteiger partial charge in [0.1, 0.15) is 5.15 Å². The van der Waals surface area contributed by atoms with Gasteiger partial charge < -0.3 is 5.32 Å². The number of aromatic nitrogens is 1. The Hall–Kier alpha value is -2.57. The molecule has 0 aliphatic carbocycles. The molecule has 0 fully saturated rings. The van der Waals surface area contributed by atoms with Crippen molar-refractivity contribution in [2.45, 2.75) is 13.5 Å². The first-order valence-electron chi connectivity index (χ1n) is 6.95. The van der Waals surface area contributed by atoms with E-state index in [-0.39, 0.29) is 0 Å². The number of halogens is 1. The summed E-state index contributed by atoms with van der Waals surface area (Å²) in [6.45, 7) is 2.62. The zero-order valence-corrected chi connectivity index (χ0v) is 12.9. The average Bonchev–Trinajstić information content (AvgIpc) is 2.53. The van der Waals surface area contributed by atoms with Crippen molar-refractivity contribution in [3.8, 4) is 6.07 Å². The highest BCUT2D eigenvalue weighted by Gasteiger charge is 2.05. The Bertz CT molecular complexity index is 864. The minimum absolute atomic E-state index is 0.513. The monoisotopic (exact) mass is 307 g/mol. The second-order valence-corrected chi connectivity index (χ2v) is 5.54. The lowest BCUT2D eigenvalue weighted by Crippen LogP contribution is -2.01. The third-order valence-electron chi connectivity index (χ3n) is 3.50. The van der Waals surface area contributed by atoms with Crippen molar-refractivity contribution < 1.29 is 0 Å². The molecule has 108 valence electrons. The van der Waals surface area contributed by atoms with Gasteiger partial charge in [0, 0.05) is 23.2 Å². The quantitative estimate of drug-likeness (QED) is 0.715. The van der Waals surface area contributed by atoms with E-state index < -0.39 is 0 Å². The van der Waals surface area contributed by atoms with Gasteiger partial charge in [-0.05, 0) is 48.9 Å². The Morgan fingerprint density at radius 2 is 1.91 bits per heavy atom. The average molecular weight is 308 g/mol. The SMILES string of the molecule is Cc1ccc2cc(CNc3ccc(C#N)cc3)c(Cl)nc2c1. The van der Waals surface area contributed by atoms with Crippen LogP contribution < -0.4 is 5.32 Å². The van der Waals surface area contributed by atoms with E-state index in [1.165, 1.54) is 5.56 Å². The fraction of sp³-hybridized carbons (Fsp3) is 0.111. The molecule has 0 amide bonds. The van der Waals surface area contributed by atoms with Crippen molar-refractivity contribution in [2.75, 3.05) is 5.32 Å². The van der Waals surface area contributed by atoms with Gasteiger partial charge in [-0.1, -0.05) is 23.7 Å². The fourth-order valence-electron chi connectivity index (χ4n) is 2.28. The van der Waals surface area contributed by atoms with Crippen LogP contribution in [0.15, 0.2) is 48.5 Å². The standard InChI is InChI=1S/C18H14ClN3/c1-12-2-5-14-9-15(18(19)22-17(14)8-12)11-21-16-6-3-13(10-20)4-7-16/h2-9,21H,11H2,1H3. The number of anilines is 1. The number of hydrogen-bond donors (Lipinski definition) is 1. The number of rotatable bonds is 3. The van der Waals surface area contributed by atoms with Crippen molar-refractivity contribution in [3.05, 3.63) is 70.4 Å². The molecule has 0 spiro atoms. The highest BCUT2D eigenvalue weighted by Crippen LogP contribution is 2.22. The van der Waals surface area contributed by atoms with Gasteiger partial charge in [-0.3, -0.25) is 0 Å². The molecule has 1 N–H and O–H groups in total. The molecule has 0 saturated heterocycles. The van der Waals surface area contributed by atoms with Crippen LogP contribution in [0.4, 0.5) is 5.69 Å². The topological polar surface area (TPSA) is 48.7 Å². The number of fused-ring (bicyclic) bond motifs is 1. The molecule has 0 aliphatic rings. The van der Waals surface area contributed by atoms with E-state index in [0.29, 0.717) is 17.3 Å². The van der Waals surface area contributed by atoms with E-state index in [0.717, 1.165) is 22.2 Å². The predicted molar refractivity (Wildman–Crippen MR) is 90.0 cm³/mol. The van der Waals surface area contributed by atoms with Crippen molar-refractivity contribution in [1.82, 2.24) is 4.98 Å². The number of nitrogens with zero attached hydrogens (tertiary/aromatic N) is 2. The molecule has 3 rings (SSSR count). The van der Waals surface area contributed by atoms with E-state index >= 15 is 0 Å². The van der Waals surface area contributed by atoms with E-state index in [2.05, 4.69) is 34.6 Å². The van der Waals surface area contributed by atoms with Crippen LogP contribution in [0.3, 0.4) is 0 Å². The largest absolute Gasteiger partial charge is 0.381 e. The van der Waals surface area contributed by atoms with Gasteiger partial charge >= 0.3 is 0 Å². The summed E-state index contributed by atoms with van der Waals surface area (Å²) in [5.41, 5.74) is 4.61. The molecule has 0 unspecified atom stereocenters. The van der Waals surface area contributed by atoms with Crippen LogP contribution >= 0.6 is 11.6 Å². The molecule has 1 heterocycles. The molecule has 1 aromatic heterocycles. The first-order valence-corrected chi connectivity index (χ1v) is 7.33. The summed E-state index contributed by atoms with van der Waals surface area (Å²) in [6, 6.07) is 17.6. The van der Waals surface area contributed by atoms with Gasteiger partial charge in [0.05, 0.1) is 17.1 Å². The highest BCUT2D eigenvalue weighted by atomic mass is 35.5. The second-order valence-electron chi connectivity index (χ2n) is 5.18. The van der Waals surface area contributed by atoms with Crippen LogP contribution in [0.1, 0.15) is 16.7 Å². The van der Waals surface area contributed by atoms with Crippen molar-refractivity contribution in [1.29, 1.82) is 5.26 Å². The van der Waals surface area contributed by atoms with Gasteiger partial charge in [0.25, 0.3) is 0 Å². The predicted octanol–water partition coefficient (Wildman–Crippen LogP) is 4.68. The zero-order chi connectivity index (χ0) is 15.5. The summed E-state index contributed by atoms with van der Waals surface area (Å²) >= 11 is 6.28. The van der Waals surface area contributed by atoms with E-state index in [1.807, 2.05) is 25.1 Å². The van der Waals surface area contributed by atoms with Crippen LogP contribution in [-0.4, -0.2) is 4.98 Å². The Morgan fingerprint density at radius 3 is 2.64 bits per heavy atom. The molecule has 4 heteroatoms. The lowest BCUT2D eigenvalue weighted by molar-refractivity contribution is 1.13. The van der Waals surface area contributed by atoms with E-state index in [1.54, 1.807) is 12.1 Å². The molecular weight excluding hydrogens is 294 g/mol. The summed E-state index contributed by atoms with van der Waals surface area (Å²) in [5.74, 6) is 0. The van der Waals surface area contributed by atoms with Crippen molar-refractivity contribution >= 4 is 28.2 Å². The first-order chi connectivity index (χ1) is 10.7. The number of benzene rings is 2. The van der Waals surface area contributed by atoms with Crippen LogP contribution in [0.25, 0.3) is 10.9 Å². The molecule has 3 aromatic rings. The van der Waals surface area contributed by atoms with Crippen LogP contribution in [0, 0.1) is 18.3 Å². The lowest BCUT2D eigenvalue weighted by atomic mass is 10.1. The second kappa shape index (κ2) is 6.05. The minimum Gasteiger partial charge on any atom is -0.381 e. The van der Waals surface area contributed by atoms with Crippen molar-refractivity contribution in [3.63, 3.8) is 0 Å². The summed E-state index contributed by atoms with van der Waals surface area (Å²) in [5, 5.41) is 13.7. The number of hydrogen-bond acceptors (Lipinski definition) is 3. The third-order valence-corrected chi connectivity index (χ3v) is 3.82. The van der Waals surface area contributed by atoms with Crippen LogP contribution in [0.5, 0.6) is 0 Å². The number of aryl methyl sites for hydroxylation is 1. The lowest BCUT2D eigenvalue weighted by Gasteiger charge is -2.09. The fourth-order valence-corrected chi connectivity index (χ4v) is 2.49. The summed E-state index contributed by atoms with van der Waals surface area (Å²) in [4.78, 5) is 4.46. The van der Waals surface area contributed by atoms with Gasteiger partial charge in [-0.25, -0.2) is 4.98 Å². The van der Waals surface area contributed by atoms with Crippen LogP contribution in [-0.2, 0) is 6.54 Å². The normalized spacial score (nSPS) is 10.4. The molecule has 0 saturated carbocycles.